The molecule has 5 heteroatoms. The standard InChI is InChI=1S/C14H16BrNO3/c15-10-13(17)11-6-8-16(9-7-11)19-14(18)12-4-2-1-3-5-12/h1-5,11H,6-10H2. The summed E-state index contributed by atoms with van der Waals surface area (Å²) in [6, 6.07) is 8.91. The smallest absolute Gasteiger partial charge is 0.357 e. The van der Waals surface area contributed by atoms with E-state index in [9.17, 15) is 9.59 Å². The molecular formula is C14H16BrNO3. The van der Waals surface area contributed by atoms with Crippen molar-refractivity contribution in [1.29, 1.82) is 0 Å². The van der Waals surface area contributed by atoms with E-state index in [0.717, 1.165) is 12.8 Å². The molecular weight excluding hydrogens is 310 g/mol. The van der Waals surface area contributed by atoms with Gasteiger partial charge in [0.2, 0.25) is 0 Å². The van der Waals surface area contributed by atoms with Gasteiger partial charge in [-0.15, -0.1) is 5.06 Å². The number of hydrogen-bond donors (Lipinski definition) is 0. The van der Waals surface area contributed by atoms with Crippen molar-refractivity contribution < 1.29 is 14.4 Å². The van der Waals surface area contributed by atoms with Crippen LogP contribution in [0.3, 0.4) is 0 Å². The van der Waals surface area contributed by atoms with Gasteiger partial charge in [0.05, 0.1) is 10.9 Å². The van der Waals surface area contributed by atoms with E-state index in [2.05, 4.69) is 15.9 Å². The normalized spacial score (nSPS) is 17.1. The van der Waals surface area contributed by atoms with Crippen LogP contribution in [0.25, 0.3) is 0 Å². The van der Waals surface area contributed by atoms with E-state index in [4.69, 9.17) is 4.84 Å². The van der Waals surface area contributed by atoms with Crippen LogP contribution in [-0.4, -0.2) is 35.2 Å². The number of hydrogen-bond acceptors (Lipinski definition) is 4. The fourth-order valence-electron chi connectivity index (χ4n) is 2.12. The molecule has 1 aromatic carbocycles. The Morgan fingerprint density at radius 1 is 1.21 bits per heavy atom. The van der Waals surface area contributed by atoms with Crippen LogP contribution in [0.2, 0.25) is 0 Å². The Hall–Kier alpha value is -1.20. The molecule has 4 nitrogen and oxygen atoms in total. The van der Waals surface area contributed by atoms with E-state index >= 15 is 0 Å². The van der Waals surface area contributed by atoms with Crippen LogP contribution in [0.5, 0.6) is 0 Å². The third kappa shape index (κ3) is 3.88. The van der Waals surface area contributed by atoms with Crippen molar-refractivity contribution >= 4 is 27.7 Å². The van der Waals surface area contributed by atoms with Gasteiger partial charge in [0.25, 0.3) is 0 Å². The number of carbonyl (C=O) groups excluding carboxylic acids is 2. The lowest BCUT2D eigenvalue weighted by Gasteiger charge is -2.29. The summed E-state index contributed by atoms with van der Waals surface area (Å²) in [5, 5.41) is 2.05. The SMILES string of the molecule is O=C(ON1CCC(C(=O)CBr)CC1)c1ccccc1. The maximum atomic E-state index is 11.8. The van der Waals surface area contributed by atoms with Crippen LogP contribution in [0, 0.1) is 5.92 Å². The van der Waals surface area contributed by atoms with E-state index in [-0.39, 0.29) is 17.7 Å². The summed E-state index contributed by atoms with van der Waals surface area (Å²) >= 11 is 3.19. The number of piperidine rings is 1. The van der Waals surface area contributed by atoms with Crippen LogP contribution in [0.15, 0.2) is 30.3 Å². The van der Waals surface area contributed by atoms with Crippen molar-refractivity contribution in [2.75, 3.05) is 18.4 Å². The predicted octanol–water partition coefficient (Wildman–Crippen LogP) is 2.43. The Morgan fingerprint density at radius 2 is 1.84 bits per heavy atom. The highest BCUT2D eigenvalue weighted by atomic mass is 79.9. The molecule has 0 saturated carbocycles. The highest BCUT2D eigenvalue weighted by Crippen LogP contribution is 2.19. The third-order valence-electron chi connectivity index (χ3n) is 3.26. The van der Waals surface area contributed by atoms with Gasteiger partial charge >= 0.3 is 5.97 Å². The maximum Gasteiger partial charge on any atom is 0.357 e. The Bertz CT molecular complexity index is 441. The molecule has 19 heavy (non-hydrogen) atoms. The molecule has 1 aromatic rings. The number of carbonyl (C=O) groups is 2. The van der Waals surface area contributed by atoms with E-state index in [1.165, 1.54) is 0 Å². The monoisotopic (exact) mass is 325 g/mol. The van der Waals surface area contributed by atoms with Gasteiger partial charge in [-0.2, -0.15) is 0 Å². The first-order valence-corrected chi connectivity index (χ1v) is 7.44. The van der Waals surface area contributed by atoms with E-state index in [1.807, 2.05) is 6.07 Å². The molecule has 0 aromatic heterocycles. The molecule has 2 rings (SSSR count). The molecule has 1 heterocycles. The first kappa shape index (κ1) is 14.2. The Morgan fingerprint density at radius 3 is 2.42 bits per heavy atom. The Kier molecular flexibility index (Phi) is 5.10. The second kappa shape index (κ2) is 6.82. The lowest BCUT2D eigenvalue weighted by atomic mass is 9.94. The molecule has 0 spiro atoms. The summed E-state index contributed by atoms with van der Waals surface area (Å²) in [5.74, 6) is -0.0223. The van der Waals surface area contributed by atoms with Crippen molar-refractivity contribution in [3.05, 3.63) is 35.9 Å². The second-order valence-corrected chi connectivity index (χ2v) is 5.11. The molecule has 102 valence electrons. The van der Waals surface area contributed by atoms with Crippen LogP contribution in [0.1, 0.15) is 23.2 Å². The lowest BCUT2D eigenvalue weighted by molar-refractivity contribution is -0.137. The van der Waals surface area contributed by atoms with Crippen molar-refractivity contribution in [3.8, 4) is 0 Å². The molecule has 0 atom stereocenters. The fraction of sp³-hybridized carbons (Fsp3) is 0.429. The zero-order valence-electron chi connectivity index (χ0n) is 10.5. The van der Waals surface area contributed by atoms with E-state index < -0.39 is 0 Å². The number of nitrogens with zero attached hydrogens (tertiary/aromatic N) is 1. The van der Waals surface area contributed by atoms with Gasteiger partial charge in [-0.3, -0.25) is 4.79 Å². The van der Waals surface area contributed by atoms with Gasteiger partial charge in [0.1, 0.15) is 5.78 Å². The Balaban J connectivity index is 1.83. The first-order valence-electron chi connectivity index (χ1n) is 6.31. The van der Waals surface area contributed by atoms with Crippen molar-refractivity contribution in [2.45, 2.75) is 12.8 Å². The fourth-order valence-corrected chi connectivity index (χ4v) is 2.58. The molecule has 1 aliphatic heterocycles. The van der Waals surface area contributed by atoms with E-state index in [0.29, 0.717) is 24.0 Å². The molecule has 1 fully saturated rings. The largest absolute Gasteiger partial charge is 0.364 e. The van der Waals surface area contributed by atoms with Crippen LogP contribution < -0.4 is 0 Å². The van der Waals surface area contributed by atoms with Crippen LogP contribution >= 0.6 is 15.9 Å². The van der Waals surface area contributed by atoms with E-state index in [1.54, 1.807) is 29.3 Å². The molecule has 1 saturated heterocycles. The van der Waals surface area contributed by atoms with Crippen LogP contribution in [-0.2, 0) is 9.63 Å². The van der Waals surface area contributed by atoms with Gasteiger partial charge in [0, 0.05) is 19.0 Å². The van der Waals surface area contributed by atoms with Crippen molar-refractivity contribution in [3.63, 3.8) is 0 Å². The highest BCUT2D eigenvalue weighted by molar-refractivity contribution is 9.09. The number of halogens is 1. The lowest BCUT2D eigenvalue weighted by Crippen LogP contribution is -2.38. The number of benzene rings is 1. The molecule has 0 bridgehead atoms. The number of alkyl halides is 1. The molecule has 0 amide bonds. The summed E-state index contributed by atoms with van der Waals surface area (Å²) in [5.41, 5.74) is 0.543. The van der Waals surface area contributed by atoms with Gasteiger partial charge in [-0.1, -0.05) is 34.1 Å². The summed E-state index contributed by atoms with van der Waals surface area (Å²) in [7, 11) is 0. The Labute approximate surface area is 120 Å². The summed E-state index contributed by atoms with van der Waals surface area (Å²) in [6.07, 6.45) is 1.49. The van der Waals surface area contributed by atoms with Gasteiger partial charge < -0.3 is 4.84 Å². The van der Waals surface area contributed by atoms with Crippen molar-refractivity contribution in [1.82, 2.24) is 5.06 Å². The maximum absolute atomic E-state index is 11.8. The average Bonchev–Trinajstić information content (AvgIpc) is 2.48. The highest BCUT2D eigenvalue weighted by Gasteiger charge is 2.26. The molecule has 1 aliphatic rings. The minimum absolute atomic E-state index is 0.0889. The first-order chi connectivity index (χ1) is 9.20. The number of rotatable bonds is 4. The molecule has 0 radical (unpaired) electrons. The molecule has 0 unspecified atom stereocenters. The second-order valence-electron chi connectivity index (χ2n) is 4.55. The predicted molar refractivity (Wildman–Crippen MR) is 75.0 cm³/mol. The summed E-state index contributed by atoms with van der Waals surface area (Å²) < 4.78 is 0. The topological polar surface area (TPSA) is 46.6 Å². The summed E-state index contributed by atoms with van der Waals surface area (Å²) in [4.78, 5) is 28.7. The molecule has 0 N–H and O–H groups in total. The molecule has 0 aliphatic carbocycles. The average molecular weight is 326 g/mol. The van der Waals surface area contributed by atoms with Gasteiger partial charge in [0.15, 0.2) is 0 Å². The third-order valence-corrected chi connectivity index (χ3v) is 3.82. The zero-order chi connectivity index (χ0) is 13.7. The van der Waals surface area contributed by atoms with Crippen molar-refractivity contribution in [2.24, 2.45) is 5.92 Å². The number of Topliss-reactive ketones (excluding diaryl/α,β-unsaturated/α-hetero) is 1. The van der Waals surface area contributed by atoms with Gasteiger partial charge in [-0.25, -0.2) is 4.79 Å². The minimum Gasteiger partial charge on any atom is -0.364 e. The van der Waals surface area contributed by atoms with Crippen LogP contribution in [0.4, 0.5) is 0 Å². The summed E-state index contributed by atoms with van der Waals surface area (Å²) in [6.45, 7) is 1.23. The number of hydroxylamine groups is 2. The minimum atomic E-state index is -0.342. The number of ketones is 1. The quantitative estimate of drug-likeness (QED) is 0.798. The van der Waals surface area contributed by atoms with Gasteiger partial charge in [-0.05, 0) is 25.0 Å². The zero-order valence-corrected chi connectivity index (χ0v) is 12.1.